The van der Waals surface area contributed by atoms with E-state index < -0.39 is 17.8 Å². The summed E-state index contributed by atoms with van der Waals surface area (Å²) in [7, 11) is 0. The Morgan fingerprint density at radius 1 is 0.933 bits per heavy atom. The molecule has 0 unspecified atom stereocenters. The van der Waals surface area contributed by atoms with Crippen molar-refractivity contribution >= 4 is 41.2 Å². The SMILES string of the molecule is Cc1nn(-c2ccccc2)c(C)c1/C=C1/C(=O)NC(=O)N(c2ccc(Cl)cc2)C1=O. The van der Waals surface area contributed by atoms with Gasteiger partial charge < -0.3 is 0 Å². The molecule has 0 aliphatic carbocycles. The minimum atomic E-state index is -0.808. The Morgan fingerprint density at radius 2 is 1.60 bits per heavy atom. The second kappa shape index (κ2) is 7.61. The largest absolute Gasteiger partial charge is 0.335 e. The summed E-state index contributed by atoms with van der Waals surface area (Å²) in [6.07, 6.45) is 1.48. The van der Waals surface area contributed by atoms with Crippen molar-refractivity contribution in [2.45, 2.75) is 13.8 Å². The zero-order chi connectivity index (χ0) is 21.4. The van der Waals surface area contributed by atoms with Crippen molar-refractivity contribution in [1.82, 2.24) is 15.1 Å². The smallest absolute Gasteiger partial charge is 0.273 e. The number of rotatable bonds is 3. The van der Waals surface area contributed by atoms with Crippen LogP contribution in [0.2, 0.25) is 5.02 Å². The van der Waals surface area contributed by atoms with Crippen molar-refractivity contribution in [3.05, 3.63) is 82.1 Å². The maximum Gasteiger partial charge on any atom is 0.335 e. The highest BCUT2D eigenvalue weighted by atomic mass is 35.5. The van der Waals surface area contributed by atoms with Gasteiger partial charge in [-0.3, -0.25) is 14.9 Å². The van der Waals surface area contributed by atoms with Gasteiger partial charge >= 0.3 is 6.03 Å². The first-order valence-corrected chi connectivity index (χ1v) is 9.53. The zero-order valence-electron chi connectivity index (χ0n) is 16.2. The molecule has 1 saturated heterocycles. The highest BCUT2D eigenvalue weighted by Gasteiger charge is 2.37. The lowest BCUT2D eigenvalue weighted by molar-refractivity contribution is -0.122. The monoisotopic (exact) mass is 420 g/mol. The molecule has 1 aromatic heterocycles. The fourth-order valence-electron chi connectivity index (χ4n) is 3.31. The molecule has 3 aromatic rings. The maximum atomic E-state index is 13.1. The maximum absolute atomic E-state index is 13.1. The Morgan fingerprint density at radius 3 is 2.27 bits per heavy atom. The molecule has 30 heavy (non-hydrogen) atoms. The number of aryl methyl sites for hydroxylation is 1. The van der Waals surface area contributed by atoms with E-state index >= 15 is 0 Å². The summed E-state index contributed by atoms with van der Waals surface area (Å²) in [5.74, 6) is -1.46. The van der Waals surface area contributed by atoms with Crippen LogP contribution in [0.3, 0.4) is 0 Å². The number of benzene rings is 2. The number of hydrogen-bond acceptors (Lipinski definition) is 4. The first kappa shape index (κ1) is 19.6. The van der Waals surface area contributed by atoms with Crippen molar-refractivity contribution in [3.8, 4) is 5.69 Å². The van der Waals surface area contributed by atoms with Crippen LogP contribution < -0.4 is 10.2 Å². The Hall–Kier alpha value is -3.71. The van der Waals surface area contributed by atoms with Crippen molar-refractivity contribution in [3.63, 3.8) is 0 Å². The van der Waals surface area contributed by atoms with E-state index in [2.05, 4.69) is 10.4 Å². The average molecular weight is 421 g/mol. The van der Waals surface area contributed by atoms with Crippen LogP contribution in [0.15, 0.2) is 60.2 Å². The lowest BCUT2D eigenvalue weighted by atomic mass is 10.1. The fourth-order valence-corrected chi connectivity index (χ4v) is 3.44. The van der Waals surface area contributed by atoms with E-state index in [4.69, 9.17) is 11.6 Å². The summed E-state index contributed by atoms with van der Waals surface area (Å²) in [6, 6.07) is 14.9. The third-order valence-corrected chi connectivity index (χ3v) is 5.08. The van der Waals surface area contributed by atoms with Crippen LogP contribution >= 0.6 is 11.6 Å². The minimum Gasteiger partial charge on any atom is -0.273 e. The van der Waals surface area contributed by atoms with Gasteiger partial charge in [-0.15, -0.1) is 0 Å². The number of carbonyl (C=O) groups excluding carboxylic acids is 3. The predicted octanol–water partition coefficient (Wildman–Crippen LogP) is 3.81. The highest BCUT2D eigenvalue weighted by Crippen LogP contribution is 2.26. The van der Waals surface area contributed by atoms with Gasteiger partial charge in [0.1, 0.15) is 5.57 Å². The van der Waals surface area contributed by atoms with Gasteiger partial charge in [-0.05, 0) is 56.3 Å². The van der Waals surface area contributed by atoms with Gasteiger partial charge in [0.2, 0.25) is 0 Å². The number of anilines is 1. The van der Waals surface area contributed by atoms with Crippen molar-refractivity contribution in [2.75, 3.05) is 4.90 Å². The molecule has 0 radical (unpaired) electrons. The zero-order valence-corrected chi connectivity index (χ0v) is 17.0. The first-order chi connectivity index (χ1) is 14.4. The number of halogens is 1. The van der Waals surface area contributed by atoms with E-state index in [9.17, 15) is 14.4 Å². The summed E-state index contributed by atoms with van der Waals surface area (Å²) < 4.78 is 1.75. The van der Waals surface area contributed by atoms with Crippen molar-refractivity contribution in [2.24, 2.45) is 0 Å². The van der Waals surface area contributed by atoms with E-state index in [1.807, 2.05) is 37.3 Å². The van der Waals surface area contributed by atoms with Crippen LogP contribution in [0.4, 0.5) is 10.5 Å². The van der Waals surface area contributed by atoms with Crippen LogP contribution in [-0.2, 0) is 9.59 Å². The molecule has 4 amide bonds. The third-order valence-electron chi connectivity index (χ3n) is 4.82. The number of hydrogen-bond donors (Lipinski definition) is 1. The molecule has 2 heterocycles. The number of urea groups is 1. The lowest BCUT2D eigenvalue weighted by Crippen LogP contribution is -2.54. The molecule has 0 atom stereocenters. The van der Waals surface area contributed by atoms with Crippen LogP contribution in [0.1, 0.15) is 17.0 Å². The standard InChI is InChI=1S/C22H17ClN4O3/c1-13-18(14(2)27(25-13)17-6-4-3-5-7-17)12-19-20(28)24-22(30)26(21(19)29)16-10-8-15(23)9-11-16/h3-12H,1-2H3,(H,24,28,30)/b19-12-. The molecule has 8 heteroatoms. The summed E-state index contributed by atoms with van der Waals surface area (Å²) >= 11 is 5.89. The topological polar surface area (TPSA) is 84.3 Å². The Balaban J connectivity index is 1.77. The fraction of sp³-hybridized carbons (Fsp3) is 0.0909. The second-order valence-corrected chi connectivity index (χ2v) is 7.20. The Labute approximate surface area is 177 Å². The normalized spacial score (nSPS) is 15.6. The average Bonchev–Trinajstić information content (AvgIpc) is 3.01. The molecule has 7 nitrogen and oxygen atoms in total. The van der Waals surface area contributed by atoms with E-state index in [-0.39, 0.29) is 5.57 Å². The molecule has 0 saturated carbocycles. The number of para-hydroxylation sites is 1. The minimum absolute atomic E-state index is 0.150. The van der Waals surface area contributed by atoms with Gasteiger partial charge in [0.15, 0.2) is 0 Å². The van der Waals surface area contributed by atoms with E-state index in [0.29, 0.717) is 22.0 Å². The lowest BCUT2D eigenvalue weighted by Gasteiger charge is -2.26. The van der Waals surface area contributed by atoms with Gasteiger partial charge in [-0.25, -0.2) is 14.4 Å². The molecule has 2 aromatic carbocycles. The third kappa shape index (κ3) is 3.40. The highest BCUT2D eigenvalue weighted by molar-refractivity contribution is 6.39. The second-order valence-electron chi connectivity index (χ2n) is 6.77. The van der Waals surface area contributed by atoms with Crippen LogP contribution in [0, 0.1) is 13.8 Å². The number of nitrogens with one attached hydrogen (secondary N) is 1. The Kier molecular flexibility index (Phi) is 4.97. The van der Waals surface area contributed by atoms with Crippen LogP contribution in [-0.4, -0.2) is 27.6 Å². The number of imide groups is 2. The van der Waals surface area contributed by atoms with E-state index in [0.717, 1.165) is 16.3 Å². The first-order valence-electron chi connectivity index (χ1n) is 9.15. The molecule has 0 bridgehead atoms. The number of amides is 4. The van der Waals surface area contributed by atoms with Gasteiger partial charge in [0, 0.05) is 16.3 Å². The van der Waals surface area contributed by atoms with Gasteiger partial charge in [-0.1, -0.05) is 29.8 Å². The quantitative estimate of drug-likeness (QED) is 0.515. The molecular weight excluding hydrogens is 404 g/mol. The van der Waals surface area contributed by atoms with Crippen LogP contribution in [0.25, 0.3) is 11.8 Å². The molecule has 1 fully saturated rings. The molecule has 0 spiro atoms. The Bertz CT molecular complexity index is 1200. The molecule has 1 aliphatic rings. The van der Waals surface area contributed by atoms with Crippen molar-refractivity contribution in [1.29, 1.82) is 0 Å². The number of carbonyl (C=O) groups is 3. The molecule has 4 rings (SSSR count). The molecular formula is C22H17ClN4O3. The molecule has 150 valence electrons. The van der Waals surface area contributed by atoms with E-state index in [1.54, 1.807) is 23.7 Å². The number of barbiturate groups is 1. The van der Waals surface area contributed by atoms with E-state index in [1.165, 1.54) is 18.2 Å². The molecule has 1 aliphatic heterocycles. The van der Waals surface area contributed by atoms with Gasteiger partial charge in [0.05, 0.1) is 17.1 Å². The van der Waals surface area contributed by atoms with Crippen molar-refractivity contribution < 1.29 is 14.4 Å². The summed E-state index contributed by atoms with van der Waals surface area (Å²) in [4.78, 5) is 38.7. The van der Waals surface area contributed by atoms with Gasteiger partial charge in [0.25, 0.3) is 11.8 Å². The number of aromatic nitrogens is 2. The summed E-state index contributed by atoms with van der Waals surface area (Å²) in [5.41, 5.74) is 3.08. The molecule has 1 N–H and O–H groups in total. The summed E-state index contributed by atoms with van der Waals surface area (Å²) in [6.45, 7) is 3.65. The number of nitrogens with zero attached hydrogens (tertiary/aromatic N) is 3. The predicted molar refractivity (Wildman–Crippen MR) is 113 cm³/mol. The van der Waals surface area contributed by atoms with Gasteiger partial charge in [-0.2, -0.15) is 5.10 Å². The summed E-state index contributed by atoms with van der Waals surface area (Å²) in [5, 5.41) is 7.22. The van der Waals surface area contributed by atoms with Crippen LogP contribution in [0.5, 0.6) is 0 Å².